The number of aromatic nitrogens is 2. The van der Waals surface area contributed by atoms with Gasteiger partial charge in [0.05, 0.1) is 22.2 Å². The standard InChI is InChI=1S/C27H26ClN3O2S2/c1-2-33-23-14-13-18(15-22(23)28)25-19(17-30(29-25)20-9-5-3-6-10-20)16-24-26(32)31(27(34)35-24)21-11-7-4-8-12-21/h3,5-6,9-10,13-17,21H,2,4,7-8,11-12H2,1H3. The van der Waals surface area contributed by atoms with Crippen LogP contribution in [0.2, 0.25) is 5.02 Å². The first kappa shape index (κ1) is 24.1. The first-order valence-electron chi connectivity index (χ1n) is 11.9. The summed E-state index contributed by atoms with van der Waals surface area (Å²) in [4.78, 5) is 15.9. The molecule has 35 heavy (non-hydrogen) atoms. The van der Waals surface area contributed by atoms with Crippen LogP contribution in [0, 0.1) is 0 Å². The maximum atomic E-state index is 13.4. The van der Waals surface area contributed by atoms with Crippen LogP contribution in [0.15, 0.2) is 59.6 Å². The number of hydrogen-bond donors (Lipinski definition) is 0. The van der Waals surface area contributed by atoms with Crippen LogP contribution in [0.1, 0.15) is 44.6 Å². The molecule has 1 aliphatic carbocycles. The lowest BCUT2D eigenvalue weighted by Crippen LogP contribution is -2.39. The third-order valence-corrected chi connectivity index (χ3v) is 7.94. The number of para-hydroxylation sites is 1. The molecule has 0 atom stereocenters. The molecule has 1 saturated heterocycles. The number of carbonyl (C=O) groups excluding carboxylic acids is 1. The fourth-order valence-electron chi connectivity index (χ4n) is 4.63. The van der Waals surface area contributed by atoms with Gasteiger partial charge in [-0.3, -0.25) is 9.69 Å². The Kier molecular flexibility index (Phi) is 7.27. The number of rotatable bonds is 6. The molecule has 2 fully saturated rings. The SMILES string of the molecule is CCOc1ccc(-c2nn(-c3ccccc3)cc2C=C2SC(=S)N(C3CCCCC3)C2=O)cc1Cl. The minimum absolute atomic E-state index is 0.00460. The molecule has 0 unspecified atom stereocenters. The van der Waals surface area contributed by atoms with Gasteiger partial charge in [0.25, 0.3) is 5.91 Å². The lowest BCUT2D eigenvalue weighted by atomic mass is 9.94. The number of nitrogens with zero attached hydrogens (tertiary/aromatic N) is 3. The molecule has 2 aliphatic rings. The third kappa shape index (κ3) is 5.03. The van der Waals surface area contributed by atoms with Gasteiger partial charge in [-0.1, -0.05) is 73.0 Å². The van der Waals surface area contributed by atoms with Crippen LogP contribution in [-0.4, -0.2) is 37.6 Å². The van der Waals surface area contributed by atoms with E-state index >= 15 is 0 Å². The topological polar surface area (TPSA) is 47.4 Å². The van der Waals surface area contributed by atoms with E-state index in [4.69, 9.17) is 33.7 Å². The molecule has 1 aromatic heterocycles. The summed E-state index contributed by atoms with van der Waals surface area (Å²) in [5.41, 5.74) is 3.35. The number of amides is 1. The van der Waals surface area contributed by atoms with Gasteiger partial charge in [0.2, 0.25) is 0 Å². The fraction of sp³-hybridized carbons (Fsp3) is 0.296. The minimum atomic E-state index is -0.00460. The predicted molar refractivity (Wildman–Crippen MR) is 147 cm³/mol. The summed E-state index contributed by atoms with van der Waals surface area (Å²) in [5.74, 6) is 0.630. The van der Waals surface area contributed by atoms with Crippen molar-refractivity contribution in [3.05, 3.63) is 70.2 Å². The van der Waals surface area contributed by atoms with Crippen molar-refractivity contribution in [2.24, 2.45) is 0 Å². The second-order valence-corrected chi connectivity index (χ2v) is 10.7. The van der Waals surface area contributed by atoms with E-state index < -0.39 is 0 Å². The number of halogens is 1. The molecule has 1 aliphatic heterocycles. The molecule has 180 valence electrons. The minimum Gasteiger partial charge on any atom is -0.492 e. The molecular formula is C27H26ClN3O2S2. The van der Waals surface area contributed by atoms with Gasteiger partial charge in [0.1, 0.15) is 15.8 Å². The van der Waals surface area contributed by atoms with E-state index in [-0.39, 0.29) is 11.9 Å². The molecule has 0 radical (unpaired) electrons. The number of ether oxygens (including phenoxy) is 1. The largest absolute Gasteiger partial charge is 0.492 e. The molecule has 5 nitrogen and oxygen atoms in total. The van der Waals surface area contributed by atoms with Crippen molar-refractivity contribution in [2.45, 2.75) is 45.1 Å². The van der Waals surface area contributed by atoms with Gasteiger partial charge in [-0.2, -0.15) is 5.10 Å². The molecular weight excluding hydrogens is 498 g/mol. The highest BCUT2D eigenvalue weighted by atomic mass is 35.5. The Morgan fingerprint density at radius 1 is 1.17 bits per heavy atom. The molecule has 1 amide bonds. The predicted octanol–water partition coefficient (Wildman–Crippen LogP) is 7.13. The van der Waals surface area contributed by atoms with Crippen molar-refractivity contribution >= 4 is 51.9 Å². The van der Waals surface area contributed by atoms with Crippen LogP contribution in [0.3, 0.4) is 0 Å². The number of benzene rings is 2. The molecule has 3 aromatic rings. The lowest BCUT2D eigenvalue weighted by molar-refractivity contribution is -0.124. The summed E-state index contributed by atoms with van der Waals surface area (Å²) >= 11 is 13.5. The molecule has 5 rings (SSSR count). The maximum absolute atomic E-state index is 13.4. The normalized spacial score (nSPS) is 18.0. The van der Waals surface area contributed by atoms with Crippen molar-refractivity contribution in [3.63, 3.8) is 0 Å². The average Bonchev–Trinajstić information content (AvgIpc) is 3.42. The lowest BCUT2D eigenvalue weighted by Gasteiger charge is -2.29. The summed E-state index contributed by atoms with van der Waals surface area (Å²) in [6.07, 6.45) is 9.41. The van der Waals surface area contributed by atoms with Crippen LogP contribution >= 0.6 is 35.6 Å². The molecule has 0 N–H and O–H groups in total. The first-order valence-corrected chi connectivity index (χ1v) is 13.5. The average molecular weight is 524 g/mol. The van der Waals surface area contributed by atoms with E-state index in [2.05, 4.69) is 0 Å². The van der Waals surface area contributed by atoms with Gasteiger partial charge in [0.15, 0.2) is 0 Å². The van der Waals surface area contributed by atoms with E-state index in [1.165, 1.54) is 18.2 Å². The van der Waals surface area contributed by atoms with Crippen LogP contribution < -0.4 is 4.74 Å². The Morgan fingerprint density at radius 3 is 2.66 bits per heavy atom. The Labute approximate surface area is 220 Å². The quantitative estimate of drug-likeness (QED) is 0.254. The second-order valence-electron chi connectivity index (χ2n) is 8.63. The van der Waals surface area contributed by atoms with Gasteiger partial charge in [0, 0.05) is 23.4 Å². The van der Waals surface area contributed by atoms with E-state index in [9.17, 15) is 4.79 Å². The van der Waals surface area contributed by atoms with Gasteiger partial charge >= 0.3 is 0 Å². The highest BCUT2D eigenvalue weighted by Crippen LogP contribution is 2.39. The van der Waals surface area contributed by atoms with E-state index in [1.807, 2.05) is 77.3 Å². The van der Waals surface area contributed by atoms with E-state index in [0.29, 0.717) is 26.6 Å². The molecule has 0 spiro atoms. The summed E-state index contributed by atoms with van der Waals surface area (Å²) in [6, 6.07) is 15.8. The zero-order valence-electron chi connectivity index (χ0n) is 19.4. The number of carbonyl (C=O) groups is 1. The summed E-state index contributed by atoms with van der Waals surface area (Å²) < 4.78 is 8.07. The Hall–Kier alpha value is -2.61. The molecule has 1 saturated carbocycles. The van der Waals surface area contributed by atoms with Crippen LogP contribution in [-0.2, 0) is 4.79 Å². The second kappa shape index (κ2) is 10.6. The Balaban J connectivity index is 1.54. The summed E-state index contributed by atoms with van der Waals surface area (Å²) in [7, 11) is 0. The number of hydrogen-bond acceptors (Lipinski definition) is 5. The van der Waals surface area contributed by atoms with Gasteiger partial charge in [-0.25, -0.2) is 4.68 Å². The highest BCUT2D eigenvalue weighted by molar-refractivity contribution is 8.26. The molecule has 2 heterocycles. The number of thiocarbonyl (C=S) groups is 1. The van der Waals surface area contributed by atoms with Gasteiger partial charge in [-0.05, 0) is 56.2 Å². The maximum Gasteiger partial charge on any atom is 0.266 e. The van der Waals surface area contributed by atoms with Crippen molar-refractivity contribution in [2.75, 3.05) is 6.61 Å². The van der Waals surface area contributed by atoms with Crippen LogP contribution in [0.5, 0.6) is 5.75 Å². The first-order chi connectivity index (χ1) is 17.0. The highest BCUT2D eigenvalue weighted by Gasteiger charge is 2.37. The van der Waals surface area contributed by atoms with Gasteiger partial charge < -0.3 is 4.74 Å². The Morgan fingerprint density at radius 2 is 1.94 bits per heavy atom. The van der Waals surface area contributed by atoms with Crippen molar-refractivity contribution in [3.8, 4) is 22.7 Å². The monoisotopic (exact) mass is 523 g/mol. The van der Waals surface area contributed by atoms with Crippen molar-refractivity contribution in [1.29, 1.82) is 0 Å². The molecule has 0 bridgehead atoms. The third-order valence-electron chi connectivity index (χ3n) is 6.32. The summed E-state index contributed by atoms with van der Waals surface area (Å²) in [5, 5.41) is 5.39. The van der Waals surface area contributed by atoms with Crippen molar-refractivity contribution in [1.82, 2.24) is 14.7 Å². The van der Waals surface area contributed by atoms with Crippen LogP contribution in [0.4, 0.5) is 0 Å². The van der Waals surface area contributed by atoms with E-state index in [0.717, 1.165) is 48.2 Å². The smallest absolute Gasteiger partial charge is 0.266 e. The molecule has 8 heteroatoms. The van der Waals surface area contributed by atoms with Crippen LogP contribution in [0.25, 0.3) is 23.0 Å². The zero-order valence-corrected chi connectivity index (χ0v) is 21.8. The number of thioether (sulfide) groups is 1. The summed E-state index contributed by atoms with van der Waals surface area (Å²) in [6.45, 7) is 2.46. The fourth-order valence-corrected chi connectivity index (χ4v) is 6.25. The zero-order chi connectivity index (χ0) is 24.4. The molecule has 2 aromatic carbocycles. The Bertz CT molecular complexity index is 1280. The van der Waals surface area contributed by atoms with Crippen molar-refractivity contribution < 1.29 is 9.53 Å². The van der Waals surface area contributed by atoms with Gasteiger partial charge in [-0.15, -0.1) is 0 Å². The van der Waals surface area contributed by atoms with E-state index in [1.54, 1.807) is 0 Å².